The van der Waals surface area contributed by atoms with Gasteiger partial charge in [0.15, 0.2) is 0 Å². The molecule has 0 bridgehead atoms. The summed E-state index contributed by atoms with van der Waals surface area (Å²) < 4.78 is 5.37. The molecule has 0 aliphatic carbocycles. The Kier molecular flexibility index (Phi) is 4.35. The molecule has 0 fully saturated rings. The van der Waals surface area contributed by atoms with E-state index in [1.165, 1.54) is 0 Å². The van der Waals surface area contributed by atoms with Crippen molar-refractivity contribution in [2.75, 3.05) is 7.11 Å². The van der Waals surface area contributed by atoms with Gasteiger partial charge in [0.1, 0.15) is 5.75 Å². The van der Waals surface area contributed by atoms with E-state index < -0.39 is 5.54 Å². The zero-order valence-electron chi connectivity index (χ0n) is 11.7. The van der Waals surface area contributed by atoms with Crippen molar-refractivity contribution >= 4 is 5.91 Å². The molecular formula is C14H22N2O2. The second-order valence-electron chi connectivity index (χ2n) is 5.10. The lowest BCUT2D eigenvalue weighted by Crippen LogP contribution is -2.51. The molecule has 0 spiro atoms. The Morgan fingerprint density at radius 2 is 2.06 bits per heavy atom. The van der Waals surface area contributed by atoms with Crippen LogP contribution in [0.3, 0.4) is 0 Å². The van der Waals surface area contributed by atoms with E-state index in [-0.39, 0.29) is 11.9 Å². The maximum absolute atomic E-state index is 11.3. The van der Waals surface area contributed by atoms with Crippen LogP contribution in [-0.4, -0.2) is 18.6 Å². The number of benzene rings is 1. The topological polar surface area (TPSA) is 64.3 Å². The van der Waals surface area contributed by atoms with Gasteiger partial charge in [-0.25, -0.2) is 0 Å². The highest BCUT2D eigenvalue weighted by atomic mass is 16.5. The summed E-state index contributed by atoms with van der Waals surface area (Å²) in [6.07, 6.45) is 0. The molecule has 0 aromatic heterocycles. The summed E-state index contributed by atoms with van der Waals surface area (Å²) in [5, 5.41) is 3.21. The van der Waals surface area contributed by atoms with Crippen molar-refractivity contribution in [3.8, 4) is 5.75 Å². The predicted octanol–water partition coefficient (Wildman–Crippen LogP) is 1.92. The number of primary amides is 1. The number of methoxy groups -OCH3 is 1. The second-order valence-corrected chi connectivity index (χ2v) is 5.10. The first-order valence-corrected chi connectivity index (χ1v) is 6.00. The molecule has 1 aromatic rings. The first-order chi connectivity index (χ1) is 8.27. The van der Waals surface area contributed by atoms with Crippen LogP contribution in [0.4, 0.5) is 0 Å². The summed E-state index contributed by atoms with van der Waals surface area (Å²) in [5.41, 5.74) is 6.75. The van der Waals surface area contributed by atoms with Gasteiger partial charge in [-0.15, -0.1) is 0 Å². The minimum absolute atomic E-state index is 0.0250. The van der Waals surface area contributed by atoms with Crippen molar-refractivity contribution < 1.29 is 9.53 Å². The van der Waals surface area contributed by atoms with Crippen LogP contribution >= 0.6 is 0 Å². The maximum atomic E-state index is 11.3. The molecule has 0 heterocycles. The number of hydrogen-bond acceptors (Lipinski definition) is 3. The third-order valence-electron chi connectivity index (χ3n) is 3.05. The molecule has 1 aromatic carbocycles. The molecule has 0 radical (unpaired) electrons. The van der Waals surface area contributed by atoms with Crippen molar-refractivity contribution in [2.24, 2.45) is 5.73 Å². The molecule has 4 heteroatoms. The Hall–Kier alpha value is -1.55. The van der Waals surface area contributed by atoms with Gasteiger partial charge < -0.3 is 10.5 Å². The lowest BCUT2D eigenvalue weighted by atomic mass is 9.99. The van der Waals surface area contributed by atoms with Gasteiger partial charge in [-0.2, -0.15) is 0 Å². The van der Waals surface area contributed by atoms with Crippen molar-refractivity contribution in [3.05, 3.63) is 29.3 Å². The number of aryl methyl sites for hydroxylation is 1. The van der Waals surface area contributed by atoms with Crippen LogP contribution in [0.1, 0.15) is 37.9 Å². The van der Waals surface area contributed by atoms with Crippen LogP contribution in [0.25, 0.3) is 0 Å². The lowest BCUT2D eigenvalue weighted by Gasteiger charge is -2.28. The van der Waals surface area contributed by atoms with Crippen molar-refractivity contribution in [3.63, 3.8) is 0 Å². The van der Waals surface area contributed by atoms with E-state index in [1.54, 1.807) is 21.0 Å². The van der Waals surface area contributed by atoms with E-state index in [0.717, 1.165) is 16.9 Å². The minimum Gasteiger partial charge on any atom is -0.496 e. The molecule has 1 rings (SSSR count). The number of amides is 1. The average Bonchev–Trinajstić information content (AvgIpc) is 2.27. The first kappa shape index (κ1) is 14.5. The summed E-state index contributed by atoms with van der Waals surface area (Å²) in [7, 11) is 1.64. The number of nitrogens with two attached hydrogens (primary N) is 1. The van der Waals surface area contributed by atoms with Gasteiger partial charge >= 0.3 is 0 Å². The minimum atomic E-state index is -0.755. The molecule has 4 nitrogen and oxygen atoms in total. The van der Waals surface area contributed by atoms with E-state index in [0.29, 0.717) is 0 Å². The van der Waals surface area contributed by atoms with Crippen LogP contribution < -0.4 is 15.8 Å². The van der Waals surface area contributed by atoms with Crippen LogP contribution in [0, 0.1) is 6.92 Å². The molecule has 3 N–H and O–H groups in total. The van der Waals surface area contributed by atoms with E-state index >= 15 is 0 Å². The van der Waals surface area contributed by atoms with Crippen LogP contribution in [0.2, 0.25) is 0 Å². The van der Waals surface area contributed by atoms with Gasteiger partial charge in [0.05, 0.1) is 12.6 Å². The van der Waals surface area contributed by atoms with Gasteiger partial charge in [0, 0.05) is 11.6 Å². The number of carbonyl (C=O) groups is 1. The zero-order chi connectivity index (χ0) is 13.9. The fourth-order valence-electron chi connectivity index (χ4n) is 1.87. The fourth-order valence-corrected chi connectivity index (χ4v) is 1.87. The number of nitrogens with one attached hydrogen (secondary N) is 1. The third-order valence-corrected chi connectivity index (χ3v) is 3.05. The molecule has 100 valence electrons. The molecule has 18 heavy (non-hydrogen) atoms. The summed E-state index contributed by atoms with van der Waals surface area (Å²) in [6, 6.07) is 5.98. The SMILES string of the molecule is COc1cc(C)ccc1C(C)NC(C)(C)C(N)=O. The molecule has 1 atom stereocenters. The quantitative estimate of drug-likeness (QED) is 0.839. The Labute approximate surface area is 109 Å². The third kappa shape index (κ3) is 3.23. The predicted molar refractivity (Wildman–Crippen MR) is 72.6 cm³/mol. The van der Waals surface area contributed by atoms with Crippen LogP contribution in [0.15, 0.2) is 18.2 Å². The Balaban J connectivity index is 2.97. The summed E-state index contributed by atoms with van der Waals surface area (Å²) in [5.74, 6) is 0.440. The second kappa shape index (κ2) is 5.40. The number of rotatable bonds is 5. The number of ether oxygens (including phenoxy) is 1. The molecule has 1 unspecified atom stereocenters. The number of carbonyl (C=O) groups excluding carboxylic acids is 1. The van der Waals surface area contributed by atoms with E-state index in [4.69, 9.17) is 10.5 Å². The van der Waals surface area contributed by atoms with Gasteiger partial charge in [0.2, 0.25) is 5.91 Å². The summed E-state index contributed by atoms with van der Waals surface area (Å²) in [6.45, 7) is 7.54. The van der Waals surface area contributed by atoms with E-state index in [1.807, 2.05) is 32.0 Å². The molecule has 1 amide bonds. The molecule has 0 saturated carbocycles. The van der Waals surface area contributed by atoms with Crippen molar-refractivity contribution in [1.82, 2.24) is 5.32 Å². The van der Waals surface area contributed by atoms with Crippen molar-refractivity contribution in [1.29, 1.82) is 0 Å². The normalized spacial score (nSPS) is 13.2. The van der Waals surface area contributed by atoms with Crippen LogP contribution in [-0.2, 0) is 4.79 Å². The van der Waals surface area contributed by atoms with Gasteiger partial charge in [-0.3, -0.25) is 10.1 Å². The largest absolute Gasteiger partial charge is 0.496 e. The Morgan fingerprint density at radius 1 is 1.44 bits per heavy atom. The highest BCUT2D eigenvalue weighted by Gasteiger charge is 2.27. The summed E-state index contributed by atoms with van der Waals surface area (Å²) in [4.78, 5) is 11.3. The van der Waals surface area contributed by atoms with E-state index in [2.05, 4.69) is 5.32 Å². The monoisotopic (exact) mass is 250 g/mol. The van der Waals surface area contributed by atoms with Crippen LogP contribution in [0.5, 0.6) is 5.75 Å². The maximum Gasteiger partial charge on any atom is 0.237 e. The van der Waals surface area contributed by atoms with Gasteiger partial charge in [-0.1, -0.05) is 12.1 Å². The summed E-state index contributed by atoms with van der Waals surface area (Å²) >= 11 is 0. The van der Waals surface area contributed by atoms with E-state index in [9.17, 15) is 4.79 Å². The van der Waals surface area contributed by atoms with Gasteiger partial charge in [0.25, 0.3) is 0 Å². The molecular weight excluding hydrogens is 228 g/mol. The number of hydrogen-bond donors (Lipinski definition) is 2. The fraction of sp³-hybridized carbons (Fsp3) is 0.500. The first-order valence-electron chi connectivity index (χ1n) is 6.00. The van der Waals surface area contributed by atoms with Crippen molar-refractivity contribution in [2.45, 2.75) is 39.3 Å². The van der Waals surface area contributed by atoms with Gasteiger partial charge in [-0.05, 0) is 39.3 Å². The smallest absolute Gasteiger partial charge is 0.237 e. The molecule has 0 aliphatic heterocycles. The highest BCUT2D eigenvalue weighted by molar-refractivity contribution is 5.83. The average molecular weight is 250 g/mol. The lowest BCUT2D eigenvalue weighted by molar-refractivity contribution is -0.123. The Bertz CT molecular complexity index is 441. The Morgan fingerprint density at radius 3 is 2.56 bits per heavy atom. The highest BCUT2D eigenvalue weighted by Crippen LogP contribution is 2.27. The zero-order valence-corrected chi connectivity index (χ0v) is 11.7. The standard InChI is InChI=1S/C14H22N2O2/c1-9-6-7-11(12(8-9)18-5)10(2)16-14(3,4)13(15)17/h6-8,10,16H,1-5H3,(H2,15,17). The molecule has 0 saturated heterocycles. The molecule has 0 aliphatic rings.